The first-order chi connectivity index (χ1) is 8.27. The third kappa shape index (κ3) is 3.44. The molecule has 0 radical (unpaired) electrons. The van der Waals surface area contributed by atoms with Gasteiger partial charge in [-0.15, -0.1) is 0 Å². The molecule has 0 aliphatic heterocycles. The maximum absolute atomic E-state index is 10.4. The molecule has 2 rings (SSSR count). The summed E-state index contributed by atoms with van der Waals surface area (Å²) in [7, 11) is 0. The molecule has 1 nitrogen and oxygen atoms in total. The molecule has 1 heteroatoms. The highest BCUT2D eigenvalue weighted by Gasteiger charge is 2.18. The van der Waals surface area contributed by atoms with E-state index in [-0.39, 0.29) is 12.0 Å². The number of aliphatic hydroxyl groups excluding tert-OH is 1. The van der Waals surface area contributed by atoms with Gasteiger partial charge in [-0.3, -0.25) is 0 Å². The number of aryl methyl sites for hydroxylation is 1. The Morgan fingerprint density at radius 3 is 2.65 bits per heavy atom. The average Bonchev–Trinajstić information content (AvgIpc) is 2.29. The maximum atomic E-state index is 10.4. The largest absolute Gasteiger partial charge is 0.388 e. The first kappa shape index (κ1) is 12.4. The zero-order chi connectivity index (χ0) is 12.1. The molecule has 17 heavy (non-hydrogen) atoms. The van der Waals surface area contributed by atoms with Crippen LogP contribution in [0.5, 0.6) is 0 Å². The Labute approximate surface area is 104 Å². The molecule has 0 unspecified atom stereocenters. The third-order valence-electron chi connectivity index (χ3n) is 3.62. The van der Waals surface area contributed by atoms with Gasteiger partial charge in [-0.25, -0.2) is 0 Å². The fourth-order valence-electron chi connectivity index (χ4n) is 2.46. The summed E-state index contributed by atoms with van der Waals surface area (Å²) in [6.07, 6.45) is 10.2. The van der Waals surface area contributed by atoms with Crippen LogP contribution in [0.15, 0.2) is 36.4 Å². The van der Waals surface area contributed by atoms with E-state index < -0.39 is 0 Å². The smallest absolute Gasteiger partial charge is 0.0852 e. The zero-order valence-corrected chi connectivity index (χ0v) is 10.6. The summed E-state index contributed by atoms with van der Waals surface area (Å²) in [5.41, 5.74) is 2.29. The SMILES string of the molecule is Cc1ccc([C@H](O)[C@H]2C=CCCCCC2)cc1. The number of allylic oxidation sites excluding steroid dienone is 1. The van der Waals surface area contributed by atoms with E-state index in [1.165, 1.54) is 24.8 Å². The molecule has 1 aromatic carbocycles. The topological polar surface area (TPSA) is 20.2 Å². The van der Waals surface area contributed by atoms with Crippen molar-refractivity contribution in [2.75, 3.05) is 0 Å². The average molecular weight is 230 g/mol. The lowest BCUT2D eigenvalue weighted by molar-refractivity contribution is 0.124. The van der Waals surface area contributed by atoms with Crippen LogP contribution in [-0.2, 0) is 0 Å². The molecule has 1 aromatic rings. The second-order valence-corrected chi connectivity index (χ2v) is 5.09. The Morgan fingerprint density at radius 1 is 1.12 bits per heavy atom. The van der Waals surface area contributed by atoms with Gasteiger partial charge in [0.15, 0.2) is 0 Å². The van der Waals surface area contributed by atoms with Crippen LogP contribution in [0.25, 0.3) is 0 Å². The van der Waals surface area contributed by atoms with Crippen molar-refractivity contribution in [3.05, 3.63) is 47.5 Å². The first-order valence-corrected chi connectivity index (χ1v) is 6.68. The molecule has 0 saturated carbocycles. The second-order valence-electron chi connectivity index (χ2n) is 5.09. The third-order valence-corrected chi connectivity index (χ3v) is 3.62. The number of benzene rings is 1. The second kappa shape index (κ2) is 6.02. The van der Waals surface area contributed by atoms with Crippen molar-refractivity contribution in [3.63, 3.8) is 0 Å². The van der Waals surface area contributed by atoms with Gasteiger partial charge in [-0.05, 0) is 31.7 Å². The number of rotatable bonds is 2. The Kier molecular flexibility index (Phi) is 4.38. The summed E-state index contributed by atoms with van der Waals surface area (Å²) in [5, 5.41) is 10.4. The van der Waals surface area contributed by atoms with Crippen LogP contribution in [0.1, 0.15) is 49.3 Å². The fraction of sp³-hybridized carbons (Fsp3) is 0.500. The summed E-state index contributed by atoms with van der Waals surface area (Å²) in [6.45, 7) is 2.08. The van der Waals surface area contributed by atoms with Gasteiger partial charge < -0.3 is 5.11 Å². The van der Waals surface area contributed by atoms with Crippen molar-refractivity contribution in [1.82, 2.24) is 0 Å². The Morgan fingerprint density at radius 2 is 1.88 bits per heavy atom. The first-order valence-electron chi connectivity index (χ1n) is 6.68. The van der Waals surface area contributed by atoms with Crippen molar-refractivity contribution in [3.8, 4) is 0 Å². The van der Waals surface area contributed by atoms with E-state index in [1.54, 1.807) is 0 Å². The molecule has 1 aliphatic rings. The quantitative estimate of drug-likeness (QED) is 0.756. The molecule has 0 amide bonds. The highest BCUT2D eigenvalue weighted by atomic mass is 16.3. The van der Waals surface area contributed by atoms with Crippen LogP contribution >= 0.6 is 0 Å². The van der Waals surface area contributed by atoms with Crippen LogP contribution < -0.4 is 0 Å². The van der Waals surface area contributed by atoms with Crippen LogP contribution in [0.3, 0.4) is 0 Å². The van der Waals surface area contributed by atoms with Crippen molar-refractivity contribution in [2.45, 2.75) is 45.1 Å². The van der Waals surface area contributed by atoms with E-state index in [0.717, 1.165) is 18.4 Å². The van der Waals surface area contributed by atoms with Crippen molar-refractivity contribution in [2.24, 2.45) is 5.92 Å². The molecule has 0 spiro atoms. The van der Waals surface area contributed by atoms with E-state index in [9.17, 15) is 5.11 Å². The van der Waals surface area contributed by atoms with Gasteiger partial charge >= 0.3 is 0 Å². The van der Waals surface area contributed by atoms with Gasteiger partial charge in [0.05, 0.1) is 6.10 Å². The van der Waals surface area contributed by atoms with Gasteiger partial charge in [-0.1, -0.05) is 54.8 Å². The summed E-state index contributed by atoms with van der Waals surface area (Å²) in [4.78, 5) is 0. The summed E-state index contributed by atoms with van der Waals surface area (Å²) in [6, 6.07) is 8.25. The van der Waals surface area contributed by atoms with E-state index >= 15 is 0 Å². The monoisotopic (exact) mass is 230 g/mol. The fourth-order valence-corrected chi connectivity index (χ4v) is 2.46. The van der Waals surface area contributed by atoms with Gasteiger partial charge in [0.25, 0.3) is 0 Å². The van der Waals surface area contributed by atoms with Crippen molar-refractivity contribution >= 4 is 0 Å². The lowest BCUT2D eigenvalue weighted by Gasteiger charge is -2.21. The van der Waals surface area contributed by atoms with Gasteiger partial charge in [0, 0.05) is 5.92 Å². The van der Waals surface area contributed by atoms with Crippen molar-refractivity contribution in [1.29, 1.82) is 0 Å². The Hall–Kier alpha value is -1.08. The van der Waals surface area contributed by atoms with Crippen LogP contribution in [0, 0.1) is 12.8 Å². The van der Waals surface area contributed by atoms with Crippen LogP contribution in [0.4, 0.5) is 0 Å². The minimum atomic E-state index is -0.343. The highest BCUT2D eigenvalue weighted by Crippen LogP contribution is 2.29. The lowest BCUT2D eigenvalue weighted by Crippen LogP contribution is -2.11. The number of hydrogen-bond acceptors (Lipinski definition) is 1. The molecule has 92 valence electrons. The summed E-state index contributed by atoms with van der Waals surface area (Å²) in [5.74, 6) is 0.290. The molecule has 0 bridgehead atoms. The minimum absolute atomic E-state index is 0.290. The highest BCUT2D eigenvalue weighted by molar-refractivity contribution is 5.24. The van der Waals surface area contributed by atoms with E-state index in [2.05, 4.69) is 31.2 Å². The van der Waals surface area contributed by atoms with Crippen LogP contribution in [0.2, 0.25) is 0 Å². The molecule has 0 fully saturated rings. The normalized spacial score (nSPS) is 22.8. The molecular weight excluding hydrogens is 208 g/mol. The summed E-state index contributed by atoms with van der Waals surface area (Å²) >= 11 is 0. The van der Waals surface area contributed by atoms with Gasteiger partial charge in [0.2, 0.25) is 0 Å². The van der Waals surface area contributed by atoms with E-state index in [1.807, 2.05) is 12.1 Å². The van der Waals surface area contributed by atoms with Crippen LogP contribution in [-0.4, -0.2) is 5.11 Å². The minimum Gasteiger partial charge on any atom is -0.388 e. The molecular formula is C16H22O. The maximum Gasteiger partial charge on any atom is 0.0852 e. The molecule has 1 aliphatic carbocycles. The summed E-state index contributed by atoms with van der Waals surface area (Å²) < 4.78 is 0. The molecule has 0 heterocycles. The number of hydrogen-bond donors (Lipinski definition) is 1. The molecule has 0 saturated heterocycles. The van der Waals surface area contributed by atoms with Gasteiger partial charge in [0.1, 0.15) is 0 Å². The molecule has 2 atom stereocenters. The Balaban J connectivity index is 2.09. The van der Waals surface area contributed by atoms with Gasteiger partial charge in [-0.2, -0.15) is 0 Å². The lowest BCUT2D eigenvalue weighted by atomic mass is 9.88. The number of aliphatic hydroxyl groups is 1. The standard InChI is InChI=1S/C16H22O/c1-13-9-11-15(12-10-13)16(17)14-7-5-3-2-4-6-8-14/h5,7,9-12,14,16-17H,2-4,6,8H2,1H3/t14-,16+/m0/s1. The molecule has 0 aromatic heterocycles. The zero-order valence-electron chi connectivity index (χ0n) is 10.6. The van der Waals surface area contributed by atoms with Crippen molar-refractivity contribution < 1.29 is 5.11 Å². The predicted molar refractivity (Wildman–Crippen MR) is 71.9 cm³/mol. The predicted octanol–water partition coefficient (Wildman–Crippen LogP) is 4.16. The molecule has 1 N–H and O–H groups in total. The van der Waals surface area contributed by atoms with E-state index in [0.29, 0.717) is 0 Å². The van der Waals surface area contributed by atoms with E-state index in [4.69, 9.17) is 0 Å². The Bertz CT molecular complexity index is 364.